The van der Waals surface area contributed by atoms with Crippen LogP contribution in [0.4, 0.5) is 0 Å². The Hall–Kier alpha value is -0.860. The fraction of sp³-hybridized carbons (Fsp3) is 0.778. The van der Waals surface area contributed by atoms with Crippen LogP contribution < -0.4 is 0 Å². The number of ether oxygens (including phenoxy) is 1. The van der Waals surface area contributed by atoms with Gasteiger partial charge in [-0.15, -0.1) is 0 Å². The molecule has 0 aliphatic heterocycles. The lowest BCUT2D eigenvalue weighted by molar-refractivity contribution is -0.166. The zero-order valence-electron chi connectivity index (χ0n) is 8.30. The Balaban J connectivity index is 4.25. The monoisotopic (exact) mass is 172 g/mol. The van der Waals surface area contributed by atoms with Crippen molar-refractivity contribution in [3.05, 3.63) is 0 Å². The fourth-order valence-corrected chi connectivity index (χ4v) is 0.441. The highest BCUT2D eigenvalue weighted by atomic mass is 16.6. The van der Waals surface area contributed by atoms with Gasteiger partial charge in [-0.2, -0.15) is 0 Å². The lowest BCUT2D eigenvalue weighted by atomic mass is 10.1. The third-order valence-electron chi connectivity index (χ3n) is 1.68. The topological polar surface area (TPSA) is 43.4 Å². The molecule has 0 N–H and O–H groups in total. The summed E-state index contributed by atoms with van der Waals surface area (Å²) in [6.45, 7) is 8.07. The van der Waals surface area contributed by atoms with Crippen molar-refractivity contribution in [3.63, 3.8) is 0 Å². The molecule has 0 aromatic heterocycles. The third kappa shape index (κ3) is 3.03. The van der Waals surface area contributed by atoms with Gasteiger partial charge in [0, 0.05) is 0 Å². The number of rotatable bonds is 3. The van der Waals surface area contributed by atoms with Crippen LogP contribution in [0.3, 0.4) is 0 Å². The van der Waals surface area contributed by atoms with Gasteiger partial charge in [0.2, 0.25) is 0 Å². The molecule has 0 saturated heterocycles. The van der Waals surface area contributed by atoms with E-state index in [0.29, 0.717) is 0 Å². The number of carbonyl (C=O) groups excluding carboxylic acids is 2. The van der Waals surface area contributed by atoms with Gasteiger partial charge in [-0.25, -0.2) is 0 Å². The Bertz CT molecular complexity index is 192. The lowest BCUT2D eigenvalue weighted by Gasteiger charge is -2.22. The minimum atomic E-state index is -0.985. The highest BCUT2D eigenvalue weighted by Gasteiger charge is 2.28. The fourth-order valence-electron chi connectivity index (χ4n) is 0.441. The second-order valence-electron chi connectivity index (χ2n) is 3.64. The molecule has 70 valence electrons. The molecule has 0 aliphatic rings. The van der Waals surface area contributed by atoms with E-state index in [2.05, 4.69) is 0 Å². The molecule has 0 aliphatic carbocycles. The molecule has 0 bridgehead atoms. The van der Waals surface area contributed by atoms with E-state index in [1.54, 1.807) is 27.7 Å². The molecule has 0 amide bonds. The molecule has 0 fully saturated rings. The van der Waals surface area contributed by atoms with Gasteiger partial charge in [0.25, 0.3) is 0 Å². The molecule has 0 aromatic rings. The highest BCUT2D eigenvalue weighted by molar-refractivity contribution is 5.87. The van der Waals surface area contributed by atoms with E-state index in [9.17, 15) is 9.59 Å². The zero-order chi connectivity index (χ0) is 9.94. The van der Waals surface area contributed by atoms with E-state index >= 15 is 0 Å². The molecule has 3 nitrogen and oxygen atoms in total. The molecule has 3 heteroatoms. The maximum atomic E-state index is 11.1. The predicted octanol–water partition coefficient (Wildman–Crippen LogP) is 1.55. The second-order valence-corrected chi connectivity index (χ2v) is 3.64. The van der Waals surface area contributed by atoms with Crippen LogP contribution in [-0.2, 0) is 14.3 Å². The van der Waals surface area contributed by atoms with E-state index in [-0.39, 0.29) is 17.7 Å². The number of hydrogen-bond donors (Lipinski definition) is 0. The minimum absolute atomic E-state index is 0.142. The summed E-state index contributed by atoms with van der Waals surface area (Å²) in [4.78, 5) is 22.0. The number of ketones is 1. The molecule has 0 saturated carbocycles. The Morgan fingerprint density at radius 2 is 1.67 bits per heavy atom. The number of Topliss-reactive ketones (excluding diaryl/α,β-unsaturated/α-hetero) is 1. The van der Waals surface area contributed by atoms with Crippen LogP contribution in [0.2, 0.25) is 0 Å². The standard InChI is InChI=1S/C9H16O3/c1-6(2)8(11)12-9(4,5)7(3)10/h6H,1-5H3. The molecule has 0 heterocycles. The Morgan fingerprint density at radius 1 is 1.25 bits per heavy atom. The van der Waals surface area contributed by atoms with Crippen LogP contribution in [0.15, 0.2) is 0 Å². The van der Waals surface area contributed by atoms with Crippen LogP contribution in [0.5, 0.6) is 0 Å². The smallest absolute Gasteiger partial charge is 0.309 e. The quantitative estimate of drug-likeness (QED) is 0.607. The summed E-state index contributed by atoms with van der Waals surface area (Å²) in [7, 11) is 0. The van der Waals surface area contributed by atoms with Gasteiger partial charge in [0.15, 0.2) is 11.4 Å². The molecule has 12 heavy (non-hydrogen) atoms. The summed E-state index contributed by atoms with van der Waals surface area (Å²) < 4.78 is 4.97. The van der Waals surface area contributed by atoms with Crippen LogP contribution in [0, 0.1) is 5.92 Å². The van der Waals surface area contributed by atoms with E-state index in [1.165, 1.54) is 6.92 Å². The van der Waals surface area contributed by atoms with Crippen LogP contribution in [0.25, 0.3) is 0 Å². The van der Waals surface area contributed by atoms with Crippen molar-refractivity contribution >= 4 is 11.8 Å². The summed E-state index contributed by atoms with van der Waals surface area (Å²) in [5, 5.41) is 0. The SMILES string of the molecule is CC(=O)C(C)(C)OC(=O)C(C)C. The van der Waals surface area contributed by atoms with Gasteiger partial charge in [-0.1, -0.05) is 13.8 Å². The lowest BCUT2D eigenvalue weighted by Crippen LogP contribution is -2.36. The number of hydrogen-bond acceptors (Lipinski definition) is 3. The first-order chi connectivity index (χ1) is 5.27. The van der Waals surface area contributed by atoms with E-state index in [4.69, 9.17) is 4.74 Å². The zero-order valence-corrected chi connectivity index (χ0v) is 8.30. The normalized spacial score (nSPS) is 11.5. The maximum absolute atomic E-state index is 11.1. The average Bonchev–Trinajstić information content (AvgIpc) is 1.85. The van der Waals surface area contributed by atoms with Crippen molar-refractivity contribution in [1.29, 1.82) is 0 Å². The first kappa shape index (κ1) is 11.1. The Labute approximate surface area is 73.1 Å². The van der Waals surface area contributed by atoms with Crippen molar-refractivity contribution in [2.75, 3.05) is 0 Å². The maximum Gasteiger partial charge on any atom is 0.309 e. The molecular weight excluding hydrogens is 156 g/mol. The Kier molecular flexibility index (Phi) is 3.43. The van der Waals surface area contributed by atoms with Gasteiger partial charge in [0.05, 0.1) is 5.92 Å². The molecule has 0 aromatic carbocycles. The molecule has 0 unspecified atom stereocenters. The minimum Gasteiger partial charge on any atom is -0.451 e. The number of esters is 1. The van der Waals surface area contributed by atoms with E-state index < -0.39 is 5.60 Å². The van der Waals surface area contributed by atoms with Gasteiger partial charge < -0.3 is 4.74 Å². The van der Waals surface area contributed by atoms with Gasteiger partial charge >= 0.3 is 5.97 Å². The molecule has 0 rings (SSSR count). The van der Waals surface area contributed by atoms with Crippen LogP contribution >= 0.6 is 0 Å². The van der Waals surface area contributed by atoms with Crippen LogP contribution in [-0.4, -0.2) is 17.4 Å². The molecule has 0 atom stereocenters. The Morgan fingerprint density at radius 3 is 1.92 bits per heavy atom. The largest absolute Gasteiger partial charge is 0.451 e. The third-order valence-corrected chi connectivity index (χ3v) is 1.68. The van der Waals surface area contributed by atoms with Crippen molar-refractivity contribution < 1.29 is 14.3 Å². The summed E-state index contributed by atoms with van der Waals surface area (Å²) >= 11 is 0. The summed E-state index contributed by atoms with van der Waals surface area (Å²) in [5.74, 6) is -0.671. The molecule has 0 radical (unpaired) electrons. The number of carbonyl (C=O) groups is 2. The van der Waals surface area contributed by atoms with Crippen molar-refractivity contribution in [3.8, 4) is 0 Å². The van der Waals surface area contributed by atoms with E-state index in [1.807, 2.05) is 0 Å². The first-order valence-electron chi connectivity index (χ1n) is 4.01. The summed E-state index contributed by atoms with van der Waals surface area (Å²) in [6.07, 6.45) is 0. The average molecular weight is 172 g/mol. The van der Waals surface area contributed by atoms with Crippen molar-refractivity contribution in [2.45, 2.75) is 40.2 Å². The second kappa shape index (κ2) is 3.70. The highest BCUT2D eigenvalue weighted by Crippen LogP contribution is 2.13. The summed E-state index contributed by atoms with van der Waals surface area (Å²) in [6, 6.07) is 0. The predicted molar refractivity (Wildman–Crippen MR) is 45.7 cm³/mol. The van der Waals surface area contributed by atoms with Crippen molar-refractivity contribution in [2.24, 2.45) is 5.92 Å². The molecular formula is C9H16O3. The van der Waals surface area contributed by atoms with Gasteiger partial charge in [-0.05, 0) is 20.8 Å². The summed E-state index contributed by atoms with van der Waals surface area (Å²) in [5.41, 5.74) is -0.985. The van der Waals surface area contributed by atoms with Crippen LogP contribution in [0.1, 0.15) is 34.6 Å². The van der Waals surface area contributed by atoms with E-state index in [0.717, 1.165) is 0 Å². The molecule has 0 spiro atoms. The van der Waals surface area contributed by atoms with Crippen molar-refractivity contribution in [1.82, 2.24) is 0 Å². The first-order valence-corrected chi connectivity index (χ1v) is 4.01. The van der Waals surface area contributed by atoms with Gasteiger partial charge in [0.1, 0.15) is 0 Å². The van der Waals surface area contributed by atoms with Gasteiger partial charge in [-0.3, -0.25) is 9.59 Å².